The number of nitrogens with zero attached hydrogens (tertiary/aromatic N) is 3. The van der Waals surface area contributed by atoms with E-state index >= 15 is 0 Å². The number of aromatic nitrogens is 2. The molecule has 0 saturated heterocycles. The summed E-state index contributed by atoms with van der Waals surface area (Å²) in [5, 5.41) is 5.27. The summed E-state index contributed by atoms with van der Waals surface area (Å²) in [5.74, 6) is 2.89. The molecule has 1 aromatic carbocycles. The van der Waals surface area contributed by atoms with Crippen molar-refractivity contribution >= 4 is 29.1 Å². The van der Waals surface area contributed by atoms with E-state index in [0.717, 1.165) is 37.0 Å². The van der Waals surface area contributed by atoms with E-state index in [1.54, 1.807) is 35.1 Å². The monoisotopic (exact) mass is 433 g/mol. The number of halogens is 2. The van der Waals surface area contributed by atoms with E-state index in [0.29, 0.717) is 21.5 Å². The second-order valence-corrected chi connectivity index (χ2v) is 9.86. The van der Waals surface area contributed by atoms with Gasteiger partial charge in [0.1, 0.15) is 10.8 Å². The number of carbonyl (C=O) groups is 1. The van der Waals surface area contributed by atoms with Crippen LogP contribution in [0.4, 0.5) is 0 Å². The van der Waals surface area contributed by atoms with Crippen LogP contribution >= 0.6 is 23.2 Å². The Hall–Kier alpha value is -1.72. The average molecular weight is 434 g/mol. The molecule has 2 aromatic rings. The molecule has 7 heteroatoms. The Kier molecular flexibility index (Phi) is 4.78. The van der Waals surface area contributed by atoms with Crippen molar-refractivity contribution < 1.29 is 9.53 Å². The van der Waals surface area contributed by atoms with Crippen LogP contribution in [0.25, 0.3) is 0 Å². The molecule has 4 saturated carbocycles. The van der Waals surface area contributed by atoms with E-state index in [9.17, 15) is 4.79 Å². The zero-order valence-corrected chi connectivity index (χ0v) is 18.0. The van der Waals surface area contributed by atoms with Gasteiger partial charge in [-0.2, -0.15) is 5.10 Å². The topological polar surface area (TPSA) is 47.4 Å². The molecule has 6 rings (SSSR count). The lowest BCUT2D eigenvalue weighted by atomic mass is 9.52. The van der Waals surface area contributed by atoms with Crippen LogP contribution in [0.2, 0.25) is 10.0 Å². The summed E-state index contributed by atoms with van der Waals surface area (Å²) < 4.78 is 7.33. The lowest BCUT2D eigenvalue weighted by Gasteiger charge is -2.59. The fourth-order valence-corrected chi connectivity index (χ4v) is 6.49. The van der Waals surface area contributed by atoms with E-state index in [-0.39, 0.29) is 18.2 Å². The largest absolute Gasteiger partial charge is 0.470 e. The van der Waals surface area contributed by atoms with Gasteiger partial charge in [-0.05, 0) is 74.5 Å². The SMILES string of the molecule is CN(C(=O)c1ccn(COc2cccc(Cl)c2Cl)n1)C12CC3CC(CC(C3)C1)C2. The van der Waals surface area contributed by atoms with E-state index in [4.69, 9.17) is 27.9 Å². The molecule has 1 amide bonds. The predicted octanol–water partition coefficient (Wildman–Crippen LogP) is 5.27. The number of carbonyl (C=O) groups excluding carboxylic acids is 1. The molecule has 154 valence electrons. The van der Waals surface area contributed by atoms with E-state index < -0.39 is 0 Å². The number of rotatable bonds is 5. The first-order chi connectivity index (χ1) is 13.9. The minimum Gasteiger partial charge on any atom is -0.470 e. The molecule has 1 heterocycles. The highest BCUT2D eigenvalue weighted by Crippen LogP contribution is 2.57. The lowest BCUT2D eigenvalue weighted by Crippen LogP contribution is -2.60. The van der Waals surface area contributed by atoms with Gasteiger partial charge in [0.2, 0.25) is 0 Å². The molecule has 0 N–H and O–H groups in total. The van der Waals surface area contributed by atoms with Gasteiger partial charge in [0.15, 0.2) is 12.4 Å². The number of amides is 1. The Labute approximate surface area is 180 Å². The highest BCUT2D eigenvalue weighted by atomic mass is 35.5. The predicted molar refractivity (Wildman–Crippen MR) is 112 cm³/mol. The highest BCUT2D eigenvalue weighted by Gasteiger charge is 2.53. The van der Waals surface area contributed by atoms with E-state index in [2.05, 4.69) is 5.10 Å². The van der Waals surface area contributed by atoms with E-state index in [1.807, 2.05) is 11.9 Å². The van der Waals surface area contributed by atoms with Crippen molar-refractivity contribution in [2.75, 3.05) is 7.05 Å². The Morgan fingerprint density at radius 3 is 2.48 bits per heavy atom. The fourth-order valence-electron chi connectivity index (χ4n) is 6.14. The van der Waals surface area contributed by atoms with Crippen LogP contribution in [-0.2, 0) is 6.73 Å². The first-order valence-corrected chi connectivity index (χ1v) is 11.1. The maximum Gasteiger partial charge on any atom is 0.274 e. The first-order valence-electron chi connectivity index (χ1n) is 10.3. The molecule has 4 bridgehead atoms. The maximum atomic E-state index is 13.2. The summed E-state index contributed by atoms with van der Waals surface area (Å²) in [6, 6.07) is 7.01. The standard InChI is InChI=1S/C22H25Cl2N3O2/c1-26(22-10-14-7-15(11-22)9-16(8-14)12-22)21(28)18-5-6-27(25-18)13-29-19-4-2-3-17(23)20(19)24/h2-6,14-16H,7-13H2,1H3. The van der Waals surface area contributed by atoms with Gasteiger partial charge in [-0.1, -0.05) is 29.3 Å². The number of hydrogen-bond acceptors (Lipinski definition) is 3. The summed E-state index contributed by atoms with van der Waals surface area (Å²) in [6.07, 6.45) is 9.30. The molecule has 1 aromatic heterocycles. The van der Waals surface area contributed by atoms with Gasteiger partial charge in [0.05, 0.1) is 5.02 Å². The van der Waals surface area contributed by atoms with Crippen LogP contribution in [0, 0.1) is 17.8 Å². The van der Waals surface area contributed by atoms with Crippen LogP contribution < -0.4 is 4.74 Å². The van der Waals surface area contributed by atoms with Crippen molar-refractivity contribution in [3.05, 3.63) is 46.2 Å². The number of hydrogen-bond donors (Lipinski definition) is 0. The number of benzene rings is 1. The molecule has 4 aliphatic rings. The van der Waals surface area contributed by atoms with Crippen molar-refractivity contribution in [3.8, 4) is 5.75 Å². The van der Waals surface area contributed by atoms with Gasteiger partial charge in [-0.15, -0.1) is 0 Å². The molecule has 5 nitrogen and oxygen atoms in total. The Bertz CT molecular complexity index is 907. The molecule has 0 radical (unpaired) electrons. The second kappa shape index (κ2) is 7.21. The molecular formula is C22H25Cl2N3O2. The van der Waals surface area contributed by atoms with E-state index in [1.165, 1.54) is 19.3 Å². The first kappa shape index (κ1) is 19.3. The van der Waals surface area contributed by atoms with Crippen molar-refractivity contribution in [1.29, 1.82) is 0 Å². The highest BCUT2D eigenvalue weighted by molar-refractivity contribution is 6.42. The van der Waals surface area contributed by atoms with Gasteiger partial charge < -0.3 is 9.64 Å². The van der Waals surface area contributed by atoms with Crippen LogP contribution in [-0.4, -0.2) is 33.2 Å². The maximum absolute atomic E-state index is 13.2. The van der Waals surface area contributed by atoms with Gasteiger partial charge in [0.25, 0.3) is 5.91 Å². The zero-order valence-electron chi connectivity index (χ0n) is 16.5. The second-order valence-electron chi connectivity index (χ2n) is 9.07. The van der Waals surface area contributed by atoms with Crippen LogP contribution in [0.1, 0.15) is 49.0 Å². The minimum absolute atomic E-state index is 0.00601. The van der Waals surface area contributed by atoms with Crippen LogP contribution in [0.5, 0.6) is 5.75 Å². The normalized spacial score (nSPS) is 29.8. The Morgan fingerprint density at radius 2 is 1.83 bits per heavy atom. The average Bonchev–Trinajstić information content (AvgIpc) is 3.16. The molecule has 0 aliphatic heterocycles. The Morgan fingerprint density at radius 1 is 1.17 bits per heavy atom. The molecule has 4 fully saturated rings. The number of ether oxygens (including phenoxy) is 1. The van der Waals surface area contributed by atoms with Crippen molar-refractivity contribution in [3.63, 3.8) is 0 Å². The lowest BCUT2D eigenvalue weighted by molar-refractivity contribution is -0.0667. The Balaban J connectivity index is 1.28. The fraction of sp³-hybridized carbons (Fsp3) is 0.545. The molecule has 0 unspecified atom stereocenters. The van der Waals surface area contributed by atoms with Gasteiger partial charge in [0, 0.05) is 18.8 Å². The van der Waals surface area contributed by atoms with Gasteiger partial charge in [-0.3, -0.25) is 4.79 Å². The molecule has 0 atom stereocenters. The molecule has 29 heavy (non-hydrogen) atoms. The minimum atomic E-state index is 0.00601. The van der Waals surface area contributed by atoms with Crippen molar-refractivity contribution in [2.24, 2.45) is 17.8 Å². The molecular weight excluding hydrogens is 409 g/mol. The third-order valence-corrected chi connectivity index (χ3v) is 7.95. The van der Waals surface area contributed by atoms with Crippen molar-refractivity contribution in [1.82, 2.24) is 14.7 Å². The molecule has 4 aliphatic carbocycles. The zero-order chi connectivity index (χ0) is 20.2. The summed E-state index contributed by atoms with van der Waals surface area (Å²) in [4.78, 5) is 15.2. The third-order valence-electron chi connectivity index (χ3n) is 7.15. The summed E-state index contributed by atoms with van der Waals surface area (Å²) in [7, 11) is 1.97. The van der Waals surface area contributed by atoms with Gasteiger partial charge in [-0.25, -0.2) is 4.68 Å². The summed E-state index contributed by atoms with van der Waals surface area (Å²) in [5.41, 5.74) is 0.490. The smallest absolute Gasteiger partial charge is 0.274 e. The van der Waals surface area contributed by atoms with Crippen molar-refractivity contribution in [2.45, 2.75) is 50.8 Å². The quantitative estimate of drug-likeness (QED) is 0.645. The van der Waals surface area contributed by atoms with Crippen LogP contribution in [0.3, 0.4) is 0 Å². The third kappa shape index (κ3) is 3.42. The molecule has 0 spiro atoms. The van der Waals surface area contributed by atoms with Gasteiger partial charge >= 0.3 is 0 Å². The summed E-state index contributed by atoms with van der Waals surface area (Å²) in [6.45, 7) is 0.161. The summed E-state index contributed by atoms with van der Waals surface area (Å²) >= 11 is 12.2. The van der Waals surface area contributed by atoms with Crippen LogP contribution in [0.15, 0.2) is 30.5 Å².